The number of esters is 1. The van der Waals surface area contributed by atoms with Gasteiger partial charge in [0.15, 0.2) is 58.6 Å². The van der Waals surface area contributed by atoms with Gasteiger partial charge in [-0.25, -0.2) is 4.79 Å². The first kappa shape index (κ1) is 39.4. The average molecular weight is 839 g/mol. The van der Waals surface area contributed by atoms with E-state index in [1.165, 1.54) is 42.5 Å². The van der Waals surface area contributed by atoms with E-state index < -0.39 is 111 Å². The summed E-state index contributed by atoms with van der Waals surface area (Å²) in [6.07, 6.45) is -5.82. The van der Waals surface area contributed by atoms with Crippen LogP contribution in [-0.2, 0) is 11.2 Å². The minimum Gasteiger partial charge on any atom is -0.508 e. The SMILES string of the molecule is O=C(O[C@@H]1C(c2c(O)cc3c(c2O)C[C@@H](Oc2cc(O)c(O)c(O)c2)[C@@H](c2ccc(O)c(O)c2)O3)c2c(O)cc(O)cc2O[C@@H]1c1ccc(O)cc1)c1cc(O)c(O)c(O)c1. The lowest BCUT2D eigenvalue weighted by atomic mass is 9.77. The molecule has 0 bridgehead atoms. The molecule has 18 heteroatoms. The minimum atomic E-state index is -1.69. The summed E-state index contributed by atoms with van der Waals surface area (Å²) in [7, 11) is 0. The van der Waals surface area contributed by atoms with Crippen molar-refractivity contribution in [1.82, 2.24) is 0 Å². The standard InChI is InChI=1S/C43H34O18/c44-19-4-1-16(2-5-19)41-42(61-43(57)18-8-27(50)38(55)28(51)9-18)36(34-25(48)10-20(45)11-32(34)60-41)35-26(49)15-31-22(37(35)54)14-33(58-21-12-29(52)39(56)30(53)13-21)40(59-31)17-3-6-23(46)24(47)7-17/h1-13,15,33,36,40-42,44-56H,14H2/t33-,36?,40-,41-,42-/m1/s1. The highest BCUT2D eigenvalue weighted by atomic mass is 16.6. The molecule has 0 saturated heterocycles. The molecule has 13 N–H and O–H groups in total. The summed E-state index contributed by atoms with van der Waals surface area (Å²) in [6.45, 7) is 0. The van der Waals surface area contributed by atoms with Crippen molar-refractivity contribution in [2.75, 3.05) is 0 Å². The average Bonchev–Trinajstić information content (AvgIpc) is 3.20. The second kappa shape index (κ2) is 14.8. The summed E-state index contributed by atoms with van der Waals surface area (Å²) in [5, 5.41) is 137. The smallest absolute Gasteiger partial charge is 0.338 e. The Labute approximate surface area is 342 Å². The number of aromatic hydroxyl groups is 13. The number of hydrogen-bond acceptors (Lipinski definition) is 18. The van der Waals surface area contributed by atoms with Gasteiger partial charge in [-0.3, -0.25) is 0 Å². The molecule has 2 aliphatic rings. The molecular weight excluding hydrogens is 804 g/mol. The lowest BCUT2D eigenvalue weighted by Gasteiger charge is -2.41. The van der Waals surface area contributed by atoms with Gasteiger partial charge in [0, 0.05) is 59.0 Å². The van der Waals surface area contributed by atoms with Gasteiger partial charge in [0.2, 0.25) is 5.75 Å². The van der Waals surface area contributed by atoms with E-state index in [1.807, 2.05) is 0 Å². The van der Waals surface area contributed by atoms with Crippen LogP contribution in [0.4, 0.5) is 0 Å². The number of phenolic OH excluding ortho intramolecular Hbond substituents is 13. The minimum absolute atomic E-state index is 0.0461. The molecule has 0 amide bonds. The predicted molar refractivity (Wildman–Crippen MR) is 206 cm³/mol. The van der Waals surface area contributed by atoms with Crippen molar-refractivity contribution in [1.29, 1.82) is 0 Å². The second-order valence-corrected chi connectivity index (χ2v) is 14.3. The van der Waals surface area contributed by atoms with Crippen molar-refractivity contribution in [2.45, 2.75) is 36.8 Å². The molecule has 18 nitrogen and oxygen atoms in total. The number of carbonyl (C=O) groups is 1. The molecule has 5 atom stereocenters. The van der Waals surface area contributed by atoms with Crippen molar-refractivity contribution in [3.8, 4) is 92.0 Å². The fourth-order valence-electron chi connectivity index (χ4n) is 7.57. The first-order valence-electron chi connectivity index (χ1n) is 18.1. The summed E-state index contributed by atoms with van der Waals surface area (Å²) >= 11 is 0. The van der Waals surface area contributed by atoms with Crippen molar-refractivity contribution >= 4 is 5.97 Å². The van der Waals surface area contributed by atoms with Gasteiger partial charge < -0.3 is 85.3 Å². The first-order chi connectivity index (χ1) is 29.0. The monoisotopic (exact) mass is 838 g/mol. The molecule has 0 spiro atoms. The zero-order chi connectivity index (χ0) is 43.6. The lowest BCUT2D eigenvalue weighted by molar-refractivity contribution is -0.0274. The second-order valence-electron chi connectivity index (χ2n) is 14.3. The van der Waals surface area contributed by atoms with Crippen LogP contribution in [0.3, 0.4) is 0 Å². The van der Waals surface area contributed by atoms with Crippen LogP contribution in [0.2, 0.25) is 0 Å². The Morgan fingerprint density at radius 1 is 0.508 bits per heavy atom. The van der Waals surface area contributed by atoms with Gasteiger partial charge in [0.25, 0.3) is 0 Å². The first-order valence-corrected chi connectivity index (χ1v) is 18.1. The van der Waals surface area contributed by atoms with Crippen LogP contribution in [-0.4, -0.2) is 84.6 Å². The van der Waals surface area contributed by atoms with E-state index in [-0.39, 0.29) is 57.2 Å². The highest BCUT2D eigenvalue weighted by Gasteiger charge is 2.48. The van der Waals surface area contributed by atoms with E-state index in [1.54, 1.807) is 0 Å². The molecule has 6 aromatic rings. The van der Waals surface area contributed by atoms with Crippen LogP contribution in [0.5, 0.6) is 92.0 Å². The van der Waals surface area contributed by atoms with E-state index in [0.717, 1.165) is 42.5 Å². The normalized spacial score (nSPS) is 19.1. The zero-order valence-corrected chi connectivity index (χ0v) is 31.0. The van der Waals surface area contributed by atoms with E-state index >= 15 is 0 Å². The number of carbonyl (C=O) groups excluding carboxylic acids is 1. The molecule has 0 aromatic heterocycles. The Kier molecular flexibility index (Phi) is 9.54. The fourth-order valence-corrected chi connectivity index (χ4v) is 7.57. The number of fused-ring (bicyclic) bond motifs is 2. The molecule has 0 radical (unpaired) electrons. The topological polar surface area (TPSA) is 317 Å². The number of benzene rings is 6. The summed E-state index contributed by atoms with van der Waals surface area (Å²) < 4.78 is 24.7. The number of ether oxygens (including phenoxy) is 4. The third-order valence-electron chi connectivity index (χ3n) is 10.4. The molecule has 1 unspecified atom stereocenters. The van der Waals surface area contributed by atoms with Gasteiger partial charge in [-0.1, -0.05) is 18.2 Å². The summed E-state index contributed by atoms with van der Waals surface area (Å²) in [4.78, 5) is 13.9. The van der Waals surface area contributed by atoms with Crippen LogP contribution in [0.1, 0.15) is 56.3 Å². The maximum Gasteiger partial charge on any atom is 0.338 e. The fraction of sp³-hybridized carbons (Fsp3) is 0.140. The Bertz CT molecular complexity index is 2680. The van der Waals surface area contributed by atoms with E-state index in [2.05, 4.69) is 0 Å². The molecule has 61 heavy (non-hydrogen) atoms. The van der Waals surface area contributed by atoms with E-state index in [9.17, 15) is 71.2 Å². The van der Waals surface area contributed by atoms with Crippen molar-refractivity contribution in [3.05, 3.63) is 118 Å². The Morgan fingerprint density at radius 2 is 1.10 bits per heavy atom. The van der Waals surface area contributed by atoms with Gasteiger partial charge in [0.1, 0.15) is 52.1 Å². The Balaban J connectivity index is 1.31. The molecular formula is C43H34O18. The van der Waals surface area contributed by atoms with Crippen LogP contribution < -0.4 is 14.2 Å². The quantitative estimate of drug-likeness (QED) is 0.0699. The Morgan fingerprint density at radius 3 is 1.74 bits per heavy atom. The van der Waals surface area contributed by atoms with Gasteiger partial charge in [0.05, 0.1) is 11.5 Å². The number of phenols is 13. The van der Waals surface area contributed by atoms with Crippen LogP contribution >= 0.6 is 0 Å². The van der Waals surface area contributed by atoms with Gasteiger partial charge in [-0.05, 0) is 42.0 Å². The summed E-state index contributed by atoms with van der Waals surface area (Å²) in [5.41, 5.74) is -0.648. The van der Waals surface area contributed by atoms with Crippen molar-refractivity contribution in [2.24, 2.45) is 0 Å². The van der Waals surface area contributed by atoms with Crippen LogP contribution in [0.15, 0.2) is 84.9 Å². The Hall–Kier alpha value is -8.41. The molecule has 2 heterocycles. The molecule has 314 valence electrons. The molecule has 0 aliphatic carbocycles. The third kappa shape index (κ3) is 7.00. The van der Waals surface area contributed by atoms with Gasteiger partial charge in [-0.2, -0.15) is 0 Å². The summed E-state index contributed by atoms with van der Waals surface area (Å²) in [6, 6.07) is 15.9. The van der Waals surface area contributed by atoms with Crippen LogP contribution in [0.25, 0.3) is 0 Å². The molecule has 6 aromatic carbocycles. The van der Waals surface area contributed by atoms with Gasteiger partial charge in [-0.15, -0.1) is 0 Å². The van der Waals surface area contributed by atoms with Crippen LogP contribution in [0, 0.1) is 0 Å². The van der Waals surface area contributed by atoms with E-state index in [4.69, 9.17) is 18.9 Å². The number of rotatable bonds is 7. The molecule has 0 saturated carbocycles. The van der Waals surface area contributed by atoms with Crippen molar-refractivity contribution in [3.63, 3.8) is 0 Å². The number of hydrogen-bond donors (Lipinski definition) is 13. The summed E-state index contributed by atoms with van der Waals surface area (Å²) in [5.74, 6) is -12.0. The molecule has 0 fully saturated rings. The van der Waals surface area contributed by atoms with E-state index in [0.29, 0.717) is 0 Å². The highest BCUT2D eigenvalue weighted by Crippen LogP contribution is 2.58. The molecule has 8 rings (SSSR count). The largest absolute Gasteiger partial charge is 0.508 e. The highest BCUT2D eigenvalue weighted by molar-refractivity contribution is 5.91. The zero-order valence-electron chi connectivity index (χ0n) is 31.0. The third-order valence-corrected chi connectivity index (χ3v) is 10.4. The predicted octanol–water partition coefficient (Wildman–Crippen LogP) is 5.47. The van der Waals surface area contributed by atoms with Gasteiger partial charge >= 0.3 is 5.97 Å². The van der Waals surface area contributed by atoms with Crippen molar-refractivity contribution < 1.29 is 90.1 Å². The maximum absolute atomic E-state index is 13.9. The maximum atomic E-state index is 13.9. The molecule has 2 aliphatic heterocycles. The lowest BCUT2D eigenvalue weighted by Crippen LogP contribution is -2.39.